The summed E-state index contributed by atoms with van der Waals surface area (Å²) >= 11 is 0. The molecule has 108 valence electrons. The molecule has 0 radical (unpaired) electrons. The summed E-state index contributed by atoms with van der Waals surface area (Å²) in [4.78, 5) is 36.2. The molecular formula is C10H14N6O4. The molecule has 0 bridgehead atoms. The number of aliphatic carboxylic acids is 1. The van der Waals surface area contributed by atoms with Crippen LogP contribution in [0.5, 0.6) is 0 Å². The van der Waals surface area contributed by atoms with E-state index < -0.39 is 31.0 Å². The number of carboxylic acids is 1. The number of hydrogen-bond acceptors (Lipinski definition) is 5. The van der Waals surface area contributed by atoms with Gasteiger partial charge in [-0.15, -0.1) is 10.2 Å². The van der Waals surface area contributed by atoms with Crippen molar-refractivity contribution in [2.45, 2.75) is 13.1 Å². The maximum absolute atomic E-state index is 12.2. The van der Waals surface area contributed by atoms with Gasteiger partial charge in [0.15, 0.2) is 5.82 Å². The molecule has 0 fully saturated rings. The van der Waals surface area contributed by atoms with E-state index in [1.165, 1.54) is 4.90 Å². The lowest BCUT2D eigenvalue weighted by molar-refractivity contribution is -0.138. The molecule has 0 atom stereocenters. The molecule has 2 heterocycles. The molecule has 3 N–H and O–H groups in total. The lowest BCUT2D eigenvalue weighted by Gasteiger charge is -2.31. The Labute approximate surface area is 113 Å². The Bertz CT molecular complexity index is 526. The fourth-order valence-electron chi connectivity index (χ4n) is 1.97. The average molecular weight is 282 g/mol. The van der Waals surface area contributed by atoms with E-state index in [1.807, 2.05) is 0 Å². The number of amides is 3. The summed E-state index contributed by atoms with van der Waals surface area (Å²) in [5, 5.41) is 16.4. The second-order valence-corrected chi connectivity index (χ2v) is 4.36. The van der Waals surface area contributed by atoms with Crippen LogP contribution in [-0.4, -0.2) is 67.2 Å². The predicted molar refractivity (Wildman–Crippen MR) is 64.2 cm³/mol. The number of rotatable bonds is 4. The number of nitrogens with zero attached hydrogens (tertiary/aromatic N) is 5. The third-order valence-corrected chi connectivity index (χ3v) is 2.85. The molecule has 0 unspecified atom stereocenters. The Kier molecular flexibility index (Phi) is 3.82. The largest absolute Gasteiger partial charge is 0.480 e. The van der Waals surface area contributed by atoms with Crippen LogP contribution in [0, 0.1) is 0 Å². The van der Waals surface area contributed by atoms with Gasteiger partial charge >= 0.3 is 12.0 Å². The molecular weight excluding hydrogens is 268 g/mol. The third-order valence-electron chi connectivity index (χ3n) is 2.85. The minimum atomic E-state index is -1.21. The number of hydrogen-bond donors (Lipinski definition) is 2. The van der Waals surface area contributed by atoms with Gasteiger partial charge < -0.3 is 25.2 Å². The molecule has 20 heavy (non-hydrogen) atoms. The second kappa shape index (κ2) is 5.55. The monoisotopic (exact) mass is 282 g/mol. The van der Waals surface area contributed by atoms with Crippen molar-refractivity contribution in [2.24, 2.45) is 5.73 Å². The maximum atomic E-state index is 12.2. The number of carbonyl (C=O) groups excluding carboxylic acids is 2. The minimum absolute atomic E-state index is 0.216. The van der Waals surface area contributed by atoms with Crippen molar-refractivity contribution in [1.29, 1.82) is 0 Å². The first kappa shape index (κ1) is 13.8. The summed E-state index contributed by atoms with van der Waals surface area (Å²) < 4.78 is 1.80. The average Bonchev–Trinajstić information content (AvgIpc) is 2.83. The van der Waals surface area contributed by atoms with E-state index >= 15 is 0 Å². The molecule has 1 aromatic rings. The molecule has 0 saturated heterocycles. The Morgan fingerprint density at radius 2 is 2.10 bits per heavy atom. The van der Waals surface area contributed by atoms with E-state index in [4.69, 9.17) is 10.8 Å². The Morgan fingerprint density at radius 1 is 1.35 bits per heavy atom. The van der Waals surface area contributed by atoms with Crippen molar-refractivity contribution in [1.82, 2.24) is 24.6 Å². The fourth-order valence-corrected chi connectivity index (χ4v) is 1.97. The zero-order valence-electron chi connectivity index (χ0n) is 10.6. The van der Waals surface area contributed by atoms with E-state index in [9.17, 15) is 14.4 Å². The molecule has 1 aliphatic heterocycles. The van der Waals surface area contributed by atoms with Crippen molar-refractivity contribution in [3.05, 3.63) is 12.2 Å². The van der Waals surface area contributed by atoms with Crippen LogP contribution in [0.1, 0.15) is 5.82 Å². The van der Waals surface area contributed by atoms with Crippen molar-refractivity contribution < 1.29 is 19.5 Å². The van der Waals surface area contributed by atoms with Crippen molar-refractivity contribution in [3.63, 3.8) is 0 Å². The summed E-state index contributed by atoms with van der Waals surface area (Å²) in [6.07, 6.45) is 1.57. The molecule has 10 heteroatoms. The molecule has 1 aliphatic rings. The highest BCUT2D eigenvalue weighted by Gasteiger charge is 2.27. The highest BCUT2D eigenvalue weighted by molar-refractivity contribution is 5.86. The summed E-state index contributed by atoms with van der Waals surface area (Å²) in [5.74, 6) is -1.36. The predicted octanol–water partition coefficient (Wildman–Crippen LogP) is -1.91. The molecule has 0 aliphatic carbocycles. The molecule has 0 aromatic carbocycles. The standard InChI is InChI=1S/C10H14N6O4/c11-7(17)3-16(5-9(18)19)10(20)14-1-2-15-6-12-13-8(15)4-14/h6H,1-5H2,(H2,11,17)(H,18,19). The van der Waals surface area contributed by atoms with Crippen LogP contribution in [0.25, 0.3) is 0 Å². The van der Waals surface area contributed by atoms with E-state index in [2.05, 4.69) is 10.2 Å². The SMILES string of the molecule is NC(=O)CN(CC(=O)O)C(=O)N1CCn2cnnc2C1. The van der Waals surface area contributed by atoms with Crippen LogP contribution in [0.4, 0.5) is 4.79 Å². The number of nitrogens with two attached hydrogens (primary N) is 1. The Morgan fingerprint density at radius 3 is 2.75 bits per heavy atom. The van der Waals surface area contributed by atoms with Crippen LogP contribution in [0.2, 0.25) is 0 Å². The van der Waals surface area contributed by atoms with Crippen molar-refractivity contribution in [2.75, 3.05) is 19.6 Å². The van der Waals surface area contributed by atoms with E-state index in [0.29, 0.717) is 18.9 Å². The summed E-state index contributed by atoms with van der Waals surface area (Å²) in [5.41, 5.74) is 5.03. The zero-order valence-corrected chi connectivity index (χ0v) is 10.6. The molecule has 2 rings (SSSR count). The number of carboxylic acid groups (broad SMARTS) is 1. The van der Waals surface area contributed by atoms with Gasteiger partial charge in [-0.25, -0.2) is 4.79 Å². The topological polar surface area (TPSA) is 135 Å². The molecule has 3 amide bonds. The van der Waals surface area contributed by atoms with Gasteiger partial charge in [0.25, 0.3) is 0 Å². The summed E-state index contributed by atoms with van der Waals surface area (Å²) in [7, 11) is 0. The quantitative estimate of drug-likeness (QED) is 0.661. The van der Waals surface area contributed by atoms with Crippen molar-refractivity contribution >= 4 is 17.9 Å². The highest BCUT2D eigenvalue weighted by atomic mass is 16.4. The van der Waals surface area contributed by atoms with Crippen LogP contribution < -0.4 is 5.73 Å². The molecule has 0 saturated carbocycles. The molecule has 0 spiro atoms. The number of aromatic nitrogens is 3. The minimum Gasteiger partial charge on any atom is -0.480 e. The first-order valence-corrected chi connectivity index (χ1v) is 5.88. The Balaban J connectivity index is 2.08. The van der Waals surface area contributed by atoms with Gasteiger partial charge in [-0.3, -0.25) is 9.59 Å². The van der Waals surface area contributed by atoms with Gasteiger partial charge in [-0.1, -0.05) is 0 Å². The number of urea groups is 1. The van der Waals surface area contributed by atoms with Gasteiger partial charge in [0.05, 0.1) is 6.54 Å². The molecule has 10 nitrogen and oxygen atoms in total. The van der Waals surface area contributed by atoms with Crippen LogP contribution in [-0.2, 0) is 22.7 Å². The van der Waals surface area contributed by atoms with Gasteiger partial charge in [0, 0.05) is 13.1 Å². The van der Waals surface area contributed by atoms with E-state index in [1.54, 1.807) is 10.9 Å². The lowest BCUT2D eigenvalue weighted by Crippen LogP contribution is -2.50. The normalized spacial score (nSPS) is 13.7. The van der Waals surface area contributed by atoms with Gasteiger partial charge in [-0.05, 0) is 0 Å². The van der Waals surface area contributed by atoms with Crippen LogP contribution in [0.3, 0.4) is 0 Å². The van der Waals surface area contributed by atoms with Gasteiger partial charge in [0.1, 0.15) is 19.4 Å². The number of primary amides is 1. The summed E-state index contributed by atoms with van der Waals surface area (Å²) in [6, 6.07) is -0.555. The van der Waals surface area contributed by atoms with Gasteiger partial charge in [-0.2, -0.15) is 0 Å². The number of fused-ring (bicyclic) bond motifs is 1. The lowest BCUT2D eigenvalue weighted by atomic mass is 10.3. The zero-order chi connectivity index (χ0) is 14.7. The molecule has 1 aromatic heterocycles. The first-order valence-electron chi connectivity index (χ1n) is 5.88. The van der Waals surface area contributed by atoms with Crippen LogP contribution >= 0.6 is 0 Å². The van der Waals surface area contributed by atoms with E-state index in [-0.39, 0.29) is 6.54 Å². The second-order valence-electron chi connectivity index (χ2n) is 4.36. The van der Waals surface area contributed by atoms with Crippen molar-refractivity contribution in [3.8, 4) is 0 Å². The van der Waals surface area contributed by atoms with E-state index in [0.717, 1.165) is 4.90 Å². The van der Waals surface area contributed by atoms with Gasteiger partial charge in [0.2, 0.25) is 5.91 Å². The fraction of sp³-hybridized carbons (Fsp3) is 0.500. The Hall–Kier alpha value is -2.65. The third kappa shape index (κ3) is 3.02. The highest BCUT2D eigenvalue weighted by Crippen LogP contribution is 2.11. The first-order chi connectivity index (χ1) is 9.47. The maximum Gasteiger partial charge on any atom is 0.323 e. The smallest absolute Gasteiger partial charge is 0.323 e. The van der Waals surface area contributed by atoms with Crippen LogP contribution in [0.15, 0.2) is 6.33 Å². The summed E-state index contributed by atoms with van der Waals surface area (Å²) in [6.45, 7) is 0.108. The number of carbonyl (C=O) groups is 3.